The van der Waals surface area contributed by atoms with Gasteiger partial charge in [-0.25, -0.2) is 0 Å². The molecule has 1 rings (SSSR count). The topological polar surface area (TPSA) is 55.7 Å². The summed E-state index contributed by atoms with van der Waals surface area (Å²) in [7, 11) is 0. The molecule has 10 heavy (non-hydrogen) atoms. The Morgan fingerprint density at radius 2 is 2.20 bits per heavy atom. The van der Waals surface area contributed by atoms with Gasteiger partial charge in [0.05, 0.1) is 6.10 Å². The molecule has 4 heteroatoms. The van der Waals surface area contributed by atoms with Crippen LogP contribution < -0.4 is 0 Å². The first-order valence-corrected chi connectivity index (χ1v) is 3.30. The van der Waals surface area contributed by atoms with Crippen LogP contribution in [0.15, 0.2) is 0 Å². The zero-order chi connectivity index (χ0) is 7.94. The van der Waals surface area contributed by atoms with Crippen molar-refractivity contribution in [3.63, 3.8) is 0 Å². The monoisotopic (exact) mass is 145 g/mol. The van der Waals surface area contributed by atoms with Crippen molar-refractivity contribution in [2.24, 2.45) is 0 Å². The van der Waals surface area contributed by atoms with E-state index in [1.54, 1.807) is 13.8 Å². The van der Waals surface area contributed by atoms with Gasteiger partial charge in [0.25, 0.3) is 0 Å². The van der Waals surface area contributed by atoms with Crippen LogP contribution in [0.5, 0.6) is 0 Å². The summed E-state index contributed by atoms with van der Waals surface area (Å²) in [5.41, 5.74) is -0.510. The van der Waals surface area contributed by atoms with E-state index in [1.165, 1.54) is 0 Å². The smallest absolute Gasteiger partial charge is 0.241 e. The Bertz CT molecular complexity index is 170. The van der Waals surface area contributed by atoms with Crippen molar-refractivity contribution < 1.29 is 9.66 Å². The van der Waals surface area contributed by atoms with E-state index in [-0.39, 0.29) is 11.0 Å². The second-order valence-electron chi connectivity index (χ2n) is 2.91. The third-order valence-electron chi connectivity index (χ3n) is 2.33. The number of ether oxygens (including phenoxy) is 1. The first-order chi connectivity index (χ1) is 4.48. The van der Waals surface area contributed by atoms with Crippen LogP contribution in [0, 0.1) is 10.1 Å². The number of nitro groups is 1. The molecular weight excluding hydrogens is 134 g/mol. The van der Waals surface area contributed by atoms with E-state index in [0.717, 1.165) is 0 Å². The molecule has 0 saturated carbocycles. The summed E-state index contributed by atoms with van der Waals surface area (Å²) >= 11 is 0. The molecule has 0 N–H and O–H groups in total. The van der Waals surface area contributed by atoms with Crippen LogP contribution in [0.4, 0.5) is 0 Å². The van der Waals surface area contributed by atoms with E-state index in [0.29, 0.717) is 0 Å². The first-order valence-electron chi connectivity index (χ1n) is 3.30. The predicted octanol–water partition coefficient (Wildman–Crippen LogP) is 0.829. The fourth-order valence-electron chi connectivity index (χ4n) is 0.994. The van der Waals surface area contributed by atoms with E-state index < -0.39 is 11.6 Å². The molecule has 0 bridgehead atoms. The summed E-state index contributed by atoms with van der Waals surface area (Å²) in [6.07, 6.45) is 0.0351. The lowest BCUT2D eigenvalue weighted by atomic mass is 10.0. The Hall–Kier alpha value is -0.640. The van der Waals surface area contributed by atoms with E-state index in [2.05, 4.69) is 0 Å². The molecule has 4 nitrogen and oxygen atoms in total. The van der Waals surface area contributed by atoms with Gasteiger partial charge in [-0.15, -0.1) is 0 Å². The highest BCUT2D eigenvalue weighted by Gasteiger charge is 2.59. The van der Waals surface area contributed by atoms with Gasteiger partial charge in [0.1, 0.15) is 0 Å². The third-order valence-corrected chi connectivity index (χ3v) is 2.33. The Kier molecular flexibility index (Phi) is 1.43. The van der Waals surface area contributed by atoms with Gasteiger partial charge in [-0.1, -0.05) is 0 Å². The maximum Gasteiger partial charge on any atom is 0.241 e. The Labute approximate surface area is 59.3 Å². The van der Waals surface area contributed by atoms with Crippen LogP contribution in [-0.2, 0) is 4.74 Å². The predicted molar refractivity (Wildman–Crippen MR) is 35.4 cm³/mol. The summed E-state index contributed by atoms with van der Waals surface area (Å²) < 4.78 is 5.09. The van der Waals surface area contributed by atoms with Crippen molar-refractivity contribution in [2.45, 2.75) is 38.5 Å². The Balaban J connectivity index is 2.58. The molecule has 0 aromatic carbocycles. The SMILES string of the molecule is CC1OC1(C)C(C)[N+](=O)[O-]. The molecule has 0 amide bonds. The van der Waals surface area contributed by atoms with Gasteiger partial charge >= 0.3 is 0 Å². The van der Waals surface area contributed by atoms with Gasteiger partial charge in [-0.05, 0) is 13.8 Å². The van der Waals surface area contributed by atoms with Crippen molar-refractivity contribution in [1.29, 1.82) is 0 Å². The first kappa shape index (κ1) is 7.47. The summed E-state index contributed by atoms with van der Waals surface area (Å²) in [6.45, 7) is 5.19. The molecule has 1 aliphatic heterocycles. The summed E-state index contributed by atoms with van der Waals surface area (Å²) in [4.78, 5) is 9.95. The van der Waals surface area contributed by atoms with Gasteiger partial charge in [0, 0.05) is 11.8 Å². The van der Waals surface area contributed by atoms with Crippen molar-refractivity contribution in [3.8, 4) is 0 Å². The lowest BCUT2D eigenvalue weighted by Gasteiger charge is -2.06. The van der Waals surface area contributed by atoms with Crippen LogP contribution in [0.2, 0.25) is 0 Å². The fourth-order valence-corrected chi connectivity index (χ4v) is 0.994. The molecule has 3 atom stereocenters. The van der Waals surface area contributed by atoms with Crippen molar-refractivity contribution in [1.82, 2.24) is 0 Å². The minimum atomic E-state index is -0.595. The average molecular weight is 145 g/mol. The average Bonchev–Trinajstić information content (AvgIpc) is 2.41. The Morgan fingerprint density at radius 1 is 1.80 bits per heavy atom. The summed E-state index contributed by atoms with van der Waals surface area (Å²) in [6, 6.07) is -0.595. The second kappa shape index (κ2) is 1.92. The molecule has 1 saturated heterocycles. The highest BCUT2D eigenvalue weighted by Crippen LogP contribution is 2.39. The van der Waals surface area contributed by atoms with E-state index >= 15 is 0 Å². The van der Waals surface area contributed by atoms with Crippen LogP contribution in [0.3, 0.4) is 0 Å². The van der Waals surface area contributed by atoms with Crippen LogP contribution in [0.25, 0.3) is 0 Å². The van der Waals surface area contributed by atoms with Crippen molar-refractivity contribution in [2.75, 3.05) is 0 Å². The summed E-state index contributed by atoms with van der Waals surface area (Å²) in [5.74, 6) is 0. The van der Waals surface area contributed by atoms with Crippen LogP contribution in [-0.4, -0.2) is 22.7 Å². The zero-order valence-corrected chi connectivity index (χ0v) is 6.33. The highest BCUT2D eigenvalue weighted by atomic mass is 16.7. The molecule has 58 valence electrons. The quantitative estimate of drug-likeness (QED) is 0.328. The second-order valence-corrected chi connectivity index (χ2v) is 2.91. The molecule has 0 spiro atoms. The lowest BCUT2D eigenvalue weighted by molar-refractivity contribution is -0.527. The highest BCUT2D eigenvalue weighted by molar-refractivity contribution is 5.00. The number of hydrogen-bond acceptors (Lipinski definition) is 3. The molecular formula is C6H11NO3. The van der Waals surface area contributed by atoms with Gasteiger partial charge in [-0.2, -0.15) is 0 Å². The number of epoxide rings is 1. The largest absolute Gasteiger partial charge is 0.359 e. The minimum absolute atomic E-state index is 0.0351. The molecule has 1 heterocycles. The molecule has 1 fully saturated rings. The molecule has 0 aromatic heterocycles. The lowest BCUT2D eigenvalue weighted by Crippen LogP contribution is -2.32. The van der Waals surface area contributed by atoms with Crippen LogP contribution >= 0.6 is 0 Å². The molecule has 3 unspecified atom stereocenters. The minimum Gasteiger partial charge on any atom is -0.359 e. The third kappa shape index (κ3) is 0.883. The zero-order valence-electron chi connectivity index (χ0n) is 6.33. The fraction of sp³-hybridized carbons (Fsp3) is 1.00. The standard InChI is InChI=1S/C6H11NO3/c1-4(7(8)9)6(3)5(2)10-6/h4-5H,1-3H3. The van der Waals surface area contributed by atoms with Gasteiger partial charge in [0.2, 0.25) is 6.04 Å². The van der Waals surface area contributed by atoms with Gasteiger partial charge < -0.3 is 4.74 Å². The molecule has 0 aliphatic carbocycles. The molecule has 1 aliphatic rings. The van der Waals surface area contributed by atoms with E-state index in [1.807, 2.05) is 6.92 Å². The normalized spacial score (nSPS) is 40.9. The van der Waals surface area contributed by atoms with Gasteiger partial charge in [0.15, 0.2) is 5.60 Å². The van der Waals surface area contributed by atoms with E-state index in [9.17, 15) is 10.1 Å². The number of hydrogen-bond donors (Lipinski definition) is 0. The van der Waals surface area contributed by atoms with Crippen molar-refractivity contribution in [3.05, 3.63) is 10.1 Å². The molecule has 0 radical (unpaired) electrons. The maximum atomic E-state index is 10.3. The van der Waals surface area contributed by atoms with E-state index in [4.69, 9.17) is 4.74 Å². The van der Waals surface area contributed by atoms with Crippen LogP contribution in [0.1, 0.15) is 20.8 Å². The Morgan fingerprint density at radius 3 is 2.30 bits per heavy atom. The molecule has 0 aromatic rings. The number of nitrogens with zero attached hydrogens (tertiary/aromatic N) is 1. The number of rotatable bonds is 2. The maximum absolute atomic E-state index is 10.3. The summed E-state index contributed by atoms with van der Waals surface area (Å²) in [5, 5.41) is 10.3. The van der Waals surface area contributed by atoms with Gasteiger partial charge in [-0.3, -0.25) is 10.1 Å². The van der Waals surface area contributed by atoms with Crippen molar-refractivity contribution >= 4 is 0 Å².